The first-order valence-corrected chi connectivity index (χ1v) is 9.24. The molecule has 0 saturated heterocycles. The van der Waals surface area contributed by atoms with Crippen molar-refractivity contribution in [2.75, 3.05) is 12.4 Å². The second-order valence-electron chi connectivity index (χ2n) is 6.30. The lowest BCUT2D eigenvalue weighted by atomic mass is 10.2. The van der Waals surface area contributed by atoms with E-state index < -0.39 is 0 Å². The van der Waals surface area contributed by atoms with Crippen LogP contribution in [-0.2, 0) is 19.7 Å². The second-order valence-corrected chi connectivity index (χ2v) is 6.30. The molecule has 0 radical (unpaired) electrons. The van der Waals surface area contributed by atoms with Crippen LogP contribution < -0.4 is 14.8 Å². The summed E-state index contributed by atoms with van der Waals surface area (Å²) in [5.41, 5.74) is 1.48. The summed E-state index contributed by atoms with van der Waals surface area (Å²) in [6, 6.07) is 12.2. The zero-order valence-corrected chi connectivity index (χ0v) is 16.1. The number of aryl methyl sites for hydroxylation is 1. The molecule has 1 N–H and O–H groups in total. The van der Waals surface area contributed by atoms with E-state index in [0.717, 1.165) is 24.9 Å². The lowest BCUT2D eigenvalue weighted by Crippen LogP contribution is -2.09. The van der Waals surface area contributed by atoms with Gasteiger partial charge in [0.05, 0.1) is 7.11 Å². The summed E-state index contributed by atoms with van der Waals surface area (Å²) in [7, 11) is 1.58. The van der Waals surface area contributed by atoms with Crippen molar-refractivity contribution in [1.82, 2.24) is 20.2 Å². The van der Waals surface area contributed by atoms with Crippen molar-refractivity contribution >= 4 is 5.95 Å². The fraction of sp³-hybridized carbons (Fsp3) is 0.350. The van der Waals surface area contributed by atoms with E-state index in [1.165, 1.54) is 6.07 Å². The third kappa shape index (κ3) is 4.97. The Morgan fingerprint density at radius 2 is 2.00 bits per heavy atom. The molecule has 0 amide bonds. The van der Waals surface area contributed by atoms with Gasteiger partial charge in [-0.2, -0.15) is 0 Å². The molecule has 0 aliphatic heterocycles. The average Bonchev–Trinajstić information content (AvgIpc) is 3.17. The van der Waals surface area contributed by atoms with Crippen molar-refractivity contribution in [1.29, 1.82) is 0 Å². The van der Waals surface area contributed by atoms with Crippen LogP contribution in [0.1, 0.15) is 30.9 Å². The molecule has 28 heavy (non-hydrogen) atoms. The van der Waals surface area contributed by atoms with Gasteiger partial charge in [-0.1, -0.05) is 42.7 Å². The third-order valence-electron chi connectivity index (χ3n) is 4.28. The van der Waals surface area contributed by atoms with E-state index in [4.69, 9.17) is 9.47 Å². The first-order chi connectivity index (χ1) is 13.7. The van der Waals surface area contributed by atoms with Gasteiger partial charge < -0.3 is 14.8 Å². The fourth-order valence-corrected chi connectivity index (χ4v) is 2.68. The van der Waals surface area contributed by atoms with Crippen molar-refractivity contribution < 1.29 is 13.9 Å². The number of hydrogen-bond acceptors (Lipinski definition) is 6. The molecule has 0 bridgehead atoms. The van der Waals surface area contributed by atoms with Crippen molar-refractivity contribution in [2.24, 2.45) is 0 Å². The van der Waals surface area contributed by atoms with E-state index in [0.29, 0.717) is 29.6 Å². The highest BCUT2D eigenvalue weighted by molar-refractivity contribution is 5.44. The van der Waals surface area contributed by atoms with Gasteiger partial charge in [-0.05, 0) is 40.6 Å². The number of tetrazole rings is 1. The Morgan fingerprint density at radius 1 is 1.14 bits per heavy atom. The molecule has 8 heteroatoms. The number of anilines is 1. The maximum absolute atomic E-state index is 13.7. The Balaban J connectivity index is 1.63. The first-order valence-electron chi connectivity index (χ1n) is 9.24. The molecule has 0 aliphatic rings. The van der Waals surface area contributed by atoms with Crippen molar-refractivity contribution in [3.05, 3.63) is 59.4 Å². The summed E-state index contributed by atoms with van der Waals surface area (Å²) >= 11 is 0. The summed E-state index contributed by atoms with van der Waals surface area (Å²) in [6.45, 7) is 3.57. The molecule has 1 aromatic heterocycles. The monoisotopic (exact) mass is 385 g/mol. The predicted molar refractivity (Wildman–Crippen MR) is 104 cm³/mol. The molecule has 3 aromatic rings. The Labute approximate surface area is 163 Å². The number of unbranched alkanes of at least 4 members (excludes halogenated alkanes) is 1. The maximum atomic E-state index is 13.7. The highest BCUT2D eigenvalue weighted by Gasteiger charge is 2.10. The second kappa shape index (κ2) is 9.68. The van der Waals surface area contributed by atoms with Crippen LogP contribution in [0.3, 0.4) is 0 Å². The van der Waals surface area contributed by atoms with Crippen molar-refractivity contribution in [3.8, 4) is 11.5 Å². The normalized spacial score (nSPS) is 10.7. The Kier molecular flexibility index (Phi) is 6.78. The van der Waals surface area contributed by atoms with E-state index in [2.05, 4.69) is 27.8 Å². The SMILES string of the molecule is CCCCn1nnnc1NCc1ccc(OCc2ccccc2F)c(OC)c1. The zero-order chi connectivity index (χ0) is 19.8. The van der Waals surface area contributed by atoms with E-state index in [-0.39, 0.29) is 12.4 Å². The Morgan fingerprint density at radius 3 is 2.79 bits per heavy atom. The first kappa shape index (κ1) is 19.6. The molecule has 0 saturated carbocycles. The minimum absolute atomic E-state index is 0.132. The van der Waals surface area contributed by atoms with Crippen LogP contribution in [-0.4, -0.2) is 27.3 Å². The molecule has 0 unspecified atom stereocenters. The summed E-state index contributed by atoms with van der Waals surface area (Å²) in [4.78, 5) is 0. The smallest absolute Gasteiger partial charge is 0.243 e. The molecule has 7 nitrogen and oxygen atoms in total. The standard InChI is InChI=1S/C20H24FN5O2/c1-3-4-11-26-20(23-24-25-26)22-13-15-9-10-18(19(12-15)27-2)28-14-16-7-5-6-8-17(16)21/h5-10,12H,3-4,11,13-14H2,1-2H3,(H,22,23,25). The largest absolute Gasteiger partial charge is 0.493 e. The number of aromatic nitrogens is 4. The minimum atomic E-state index is -0.289. The van der Waals surface area contributed by atoms with Gasteiger partial charge in [-0.3, -0.25) is 0 Å². The third-order valence-corrected chi connectivity index (χ3v) is 4.28. The lowest BCUT2D eigenvalue weighted by Gasteiger charge is -2.13. The van der Waals surface area contributed by atoms with Gasteiger partial charge in [0.15, 0.2) is 11.5 Å². The van der Waals surface area contributed by atoms with Crippen LogP contribution in [0.15, 0.2) is 42.5 Å². The van der Waals surface area contributed by atoms with Gasteiger partial charge >= 0.3 is 0 Å². The van der Waals surface area contributed by atoms with E-state index in [1.54, 1.807) is 30.0 Å². The van der Waals surface area contributed by atoms with Crippen LogP contribution in [0.5, 0.6) is 11.5 Å². The zero-order valence-electron chi connectivity index (χ0n) is 16.1. The van der Waals surface area contributed by atoms with Gasteiger partial charge in [-0.25, -0.2) is 9.07 Å². The van der Waals surface area contributed by atoms with Gasteiger partial charge in [0.2, 0.25) is 5.95 Å². The van der Waals surface area contributed by atoms with Crippen LogP contribution in [0.25, 0.3) is 0 Å². The number of nitrogens with zero attached hydrogens (tertiary/aromatic N) is 4. The highest BCUT2D eigenvalue weighted by atomic mass is 19.1. The van der Waals surface area contributed by atoms with Crippen LogP contribution in [0.2, 0.25) is 0 Å². The van der Waals surface area contributed by atoms with E-state index in [9.17, 15) is 4.39 Å². The van der Waals surface area contributed by atoms with Crippen LogP contribution in [0.4, 0.5) is 10.3 Å². The lowest BCUT2D eigenvalue weighted by molar-refractivity contribution is 0.279. The number of halogens is 1. The van der Waals surface area contributed by atoms with E-state index >= 15 is 0 Å². The van der Waals surface area contributed by atoms with Crippen LogP contribution in [0, 0.1) is 5.82 Å². The maximum Gasteiger partial charge on any atom is 0.243 e. The number of methoxy groups -OCH3 is 1. The highest BCUT2D eigenvalue weighted by Crippen LogP contribution is 2.29. The van der Waals surface area contributed by atoms with Gasteiger partial charge in [0.25, 0.3) is 0 Å². The molecule has 0 aliphatic carbocycles. The molecule has 0 spiro atoms. The summed E-state index contributed by atoms with van der Waals surface area (Å²) in [5, 5.41) is 15.0. The van der Waals surface area contributed by atoms with Crippen LogP contribution >= 0.6 is 0 Å². The molecule has 1 heterocycles. The number of nitrogens with one attached hydrogen (secondary N) is 1. The summed E-state index contributed by atoms with van der Waals surface area (Å²) in [5.74, 6) is 1.49. The topological polar surface area (TPSA) is 74.1 Å². The number of ether oxygens (including phenoxy) is 2. The quantitative estimate of drug-likeness (QED) is 0.572. The van der Waals surface area contributed by atoms with Crippen molar-refractivity contribution in [3.63, 3.8) is 0 Å². The van der Waals surface area contributed by atoms with Gasteiger partial charge in [-0.15, -0.1) is 0 Å². The number of rotatable bonds is 10. The van der Waals surface area contributed by atoms with Crippen molar-refractivity contribution in [2.45, 2.75) is 39.5 Å². The summed E-state index contributed by atoms with van der Waals surface area (Å²) < 4.78 is 26.7. The molecule has 0 fully saturated rings. The van der Waals surface area contributed by atoms with E-state index in [1.807, 2.05) is 18.2 Å². The Bertz CT molecular complexity index is 900. The molecule has 3 rings (SSSR count). The average molecular weight is 385 g/mol. The predicted octanol–water partition coefficient (Wildman–Crippen LogP) is 3.81. The number of hydrogen-bond donors (Lipinski definition) is 1. The number of benzene rings is 2. The fourth-order valence-electron chi connectivity index (χ4n) is 2.68. The van der Waals surface area contributed by atoms with Gasteiger partial charge in [0.1, 0.15) is 12.4 Å². The molecule has 0 atom stereocenters. The molecular formula is C20H24FN5O2. The molecular weight excluding hydrogens is 361 g/mol. The van der Waals surface area contributed by atoms with Gasteiger partial charge in [0, 0.05) is 18.7 Å². The molecule has 2 aromatic carbocycles. The Hall–Kier alpha value is -3.16. The summed E-state index contributed by atoms with van der Waals surface area (Å²) in [6.07, 6.45) is 2.09. The minimum Gasteiger partial charge on any atom is -0.493 e. The molecule has 148 valence electrons.